The van der Waals surface area contributed by atoms with Gasteiger partial charge in [-0.05, 0) is 11.1 Å². The predicted molar refractivity (Wildman–Crippen MR) is 57.6 cm³/mol. The molecule has 0 N–H and O–H groups in total. The minimum Gasteiger partial charge on any atom is -0.466 e. The van der Waals surface area contributed by atoms with E-state index in [2.05, 4.69) is 47.7 Å². The molecule has 0 saturated heterocycles. The number of carbonyl (C=O) groups excluding carboxylic acids is 1. The third-order valence-corrected chi connectivity index (χ3v) is 1.81. The van der Waals surface area contributed by atoms with Gasteiger partial charge >= 0.3 is 5.97 Å². The van der Waals surface area contributed by atoms with E-state index in [1.165, 1.54) is 18.2 Å². The fraction of sp³-hybridized carbons (Fsp3) is 0.0833. The molecule has 0 aromatic heterocycles. The molecule has 0 unspecified atom stereocenters. The highest BCUT2D eigenvalue weighted by Gasteiger charge is 1.99. The number of benzene rings is 1. The second-order valence-corrected chi connectivity index (χ2v) is 2.69. The molecule has 2 heteroatoms. The van der Waals surface area contributed by atoms with Gasteiger partial charge in [0.2, 0.25) is 0 Å². The summed E-state index contributed by atoms with van der Waals surface area (Å²) in [6.07, 6.45) is 5.35. The monoisotopic (exact) mass is 188 g/mol. The van der Waals surface area contributed by atoms with Gasteiger partial charge in [0.05, 0.1) is 7.11 Å². The summed E-state index contributed by atoms with van der Waals surface area (Å²) in [7, 11) is 1.31. The van der Waals surface area contributed by atoms with Crippen molar-refractivity contribution in [1.29, 1.82) is 0 Å². The van der Waals surface area contributed by atoms with E-state index in [-0.39, 0.29) is 0 Å². The van der Waals surface area contributed by atoms with Crippen molar-refractivity contribution < 1.29 is 9.53 Å². The van der Waals surface area contributed by atoms with Gasteiger partial charge in [-0.3, -0.25) is 0 Å². The first-order valence-corrected chi connectivity index (χ1v) is 4.25. The topological polar surface area (TPSA) is 26.3 Å². The number of fused-ring (bicyclic) bond motifs is 1. The molecule has 0 fully saturated rings. The number of hydrogen-bond donors (Lipinski definition) is 0. The molecule has 1 aromatic carbocycles. The van der Waals surface area contributed by atoms with Crippen molar-refractivity contribution in [1.82, 2.24) is 0 Å². The molecule has 14 heavy (non-hydrogen) atoms. The zero-order valence-corrected chi connectivity index (χ0v) is 8.07. The second kappa shape index (κ2) is 5.02. The summed E-state index contributed by atoms with van der Waals surface area (Å²) in [4.78, 5) is 9.84. The van der Waals surface area contributed by atoms with Crippen LogP contribution in [0.3, 0.4) is 0 Å². The Bertz CT molecular complexity index is 339. The molecule has 1 aliphatic carbocycles. The van der Waals surface area contributed by atoms with Gasteiger partial charge in [-0.1, -0.05) is 43.0 Å². The van der Waals surface area contributed by atoms with E-state index >= 15 is 0 Å². The van der Waals surface area contributed by atoms with E-state index in [0.717, 1.165) is 6.08 Å². The zero-order valence-electron chi connectivity index (χ0n) is 8.07. The van der Waals surface area contributed by atoms with Crippen molar-refractivity contribution in [2.75, 3.05) is 7.11 Å². The van der Waals surface area contributed by atoms with Crippen LogP contribution in [0.2, 0.25) is 0 Å². The van der Waals surface area contributed by atoms with Crippen LogP contribution in [0.1, 0.15) is 11.1 Å². The molecule has 1 aliphatic rings. The molecule has 0 spiro atoms. The average molecular weight is 188 g/mol. The van der Waals surface area contributed by atoms with E-state index in [4.69, 9.17) is 0 Å². The fourth-order valence-corrected chi connectivity index (χ4v) is 0.981. The molecule has 0 atom stereocenters. The van der Waals surface area contributed by atoms with E-state index in [9.17, 15) is 4.79 Å². The average Bonchev–Trinajstić information content (AvgIpc) is 2.20. The van der Waals surface area contributed by atoms with Crippen molar-refractivity contribution in [2.24, 2.45) is 0 Å². The summed E-state index contributed by atoms with van der Waals surface area (Å²) in [6, 6.07) is 8.36. The van der Waals surface area contributed by atoms with Gasteiger partial charge in [-0.25, -0.2) is 4.79 Å². The van der Waals surface area contributed by atoms with Gasteiger partial charge in [0.1, 0.15) is 0 Å². The van der Waals surface area contributed by atoms with Crippen LogP contribution in [-0.4, -0.2) is 13.1 Å². The van der Waals surface area contributed by atoms with E-state index < -0.39 is 5.97 Å². The summed E-state index contributed by atoms with van der Waals surface area (Å²) in [5, 5.41) is 0. The Morgan fingerprint density at radius 1 is 1.29 bits per heavy atom. The van der Waals surface area contributed by atoms with Crippen LogP contribution in [0.25, 0.3) is 12.2 Å². The summed E-state index contributed by atoms with van der Waals surface area (Å²) in [5.41, 5.74) is 2.74. The van der Waals surface area contributed by atoms with E-state index in [1.54, 1.807) is 0 Å². The van der Waals surface area contributed by atoms with Crippen molar-refractivity contribution in [3.05, 3.63) is 48.0 Å². The Hall–Kier alpha value is -1.83. The maximum absolute atomic E-state index is 9.84. The summed E-state index contributed by atoms with van der Waals surface area (Å²) < 4.78 is 4.14. The molecule has 2 rings (SSSR count). The smallest absolute Gasteiger partial charge is 0.329 e. The molecule has 0 saturated carbocycles. The third kappa shape index (κ3) is 2.59. The van der Waals surface area contributed by atoms with Crippen LogP contribution in [-0.2, 0) is 9.53 Å². The van der Waals surface area contributed by atoms with Crippen LogP contribution in [0.5, 0.6) is 0 Å². The Kier molecular flexibility index (Phi) is 3.68. The molecular formula is C12H12O2. The predicted octanol–water partition coefficient (Wildman–Crippen LogP) is 2.52. The minimum absolute atomic E-state index is 0.394. The number of hydrogen-bond acceptors (Lipinski definition) is 2. The number of rotatable bonds is 1. The molecule has 1 aromatic rings. The highest BCUT2D eigenvalue weighted by atomic mass is 16.5. The fourth-order valence-electron chi connectivity index (χ4n) is 0.981. The number of ether oxygens (including phenoxy) is 1. The summed E-state index contributed by atoms with van der Waals surface area (Å²) in [6.45, 7) is 3.16. The molecule has 2 nitrogen and oxygen atoms in total. The standard InChI is InChI=1S/C8H6.C4H6O2/c1-2-4-8-6-5-7(8)3-1;1-3-4(5)6-2/h1-6H;3H,1H2,2H3. The molecule has 0 aliphatic heterocycles. The van der Waals surface area contributed by atoms with Gasteiger partial charge in [0, 0.05) is 6.08 Å². The van der Waals surface area contributed by atoms with Crippen molar-refractivity contribution in [3.63, 3.8) is 0 Å². The summed E-state index contributed by atoms with van der Waals surface area (Å²) >= 11 is 0. The van der Waals surface area contributed by atoms with Gasteiger partial charge in [-0.2, -0.15) is 0 Å². The molecule has 0 amide bonds. The first-order valence-electron chi connectivity index (χ1n) is 4.25. The van der Waals surface area contributed by atoms with Crippen LogP contribution in [0, 0.1) is 0 Å². The largest absolute Gasteiger partial charge is 0.466 e. The number of carbonyl (C=O) groups is 1. The molecule has 0 radical (unpaired) electrons. The lowest BCUT2D eigenvalue weighted by atomic mass is 9.99. The lowest BCUT2D eigenvalue weighted by Crippen LogP contribution is -1.91. The van der Waals surface area contributed by atoms with Crippen molar-refractivity contribution in [3.8, 4) is 0 Å². The van der Waals surface area contributed by atoms with Crippen LogP contribution in [0.15, 0.2) is 36.9 Å². The molecular weight excluding hydrogens is 176 g/mol. The third-order valence-electron chi connectivity index (χ3n) is 1.81. The first-order chi connectivity index (χ1) is 6.77. The maximum atomic E-state index is 9.84. The normalized spacial score (nSPS) is 10.1. The van der Waals surface area contributed by atoms with Gasteiger partial charge < -0.3 is 4.74 Å². The lowest BCUT2D eigenvalue weighted by Gasteiger charge is -2.06. The first kappa shape index (κ1) is 10.3. The highest BCUT2D eigenvalue weighted by molar-refractivity contribution is 5.85. The Labute approximate surface area is 83.5 Å². The minimum atomic E-state index is -0.394. The van der Waals surface area contributed by atoms with Gasteiger partial charge in [0.25, 0.3) is 0 Å². The van der Waals surface area contributed by atoms with Crippen LogP contribution in [0.4, 0.5) is 0 Å². The van der Waals surface area contributed by atoms with Crippen LogP contribution < -0.4 is 0 Å². The maximum Gasteiger partial charge on any atom is 0.329 e. The SMILES string of the molecule is C1=Cc2ccccc21.C=CC(=O)OC. The Balaban J connectivity index is 0.000000149. The molecule has 0 bridgehead atoms. The lowest BCUT2D eigenvalue weighted by molar-refractivity contribution is -0.134. The number of esters is 1. The van der Waals surface area contributed by atoms with Gasteiger partial charge in [-0.15, -0.1) is 0 Å². The van der Waals surface area contributed by atoms with Crippen molar-refractivity contribution in [2.45, 2.75) is 0 Å². The molecule has 72 valence electrons. The Morgan fingerprint density at radius 2 is 1.79 bits per heavy atom. The zero-order chi connectivity index (χ0) is 10.4. The van der Waals surface area contributed by atoms with E-state index in [1.807, 2.05) is 0 Å². The van der Waals surface area contributed by atoms with E-state index in [0.29, 0.717) is 0 Å². The molecule has 0 heterocycles. The Morgan fingerprint density at radius 3 is 1.93 bits per heavy atom. The van der Waals surface area contributed by atoms with Gasteiger partial charge in [0.15, 0.2) is 0 Å². The number of methoxy groups -OCH3 is 1. The van der Waals surface area contributed by atoms with Crippen LogP contribution >= 0.6 is 0 Å². The quantitative estimate of drug-likeness (QED) is 0.507. The van der Waals surface area contributed by atoms with Crippen molar-refractivity contribution >= 4 is 18.1 Å². The highest BCUT2D eigenvalue weighted by Crippen LogP contribution is 2.21. The second-order valence-electron chi connectivity index (χ2n) is 2.69. The summed E-state index contributed by atoms with van der Waals surface area (Å²) in [5.74, 6) is -0.394.